The van der Waals surface area contributed by atoms with Gasteiger partial charge in [0.2, 0.25) is 0 Å². The van der Waals surface area contributed by atoms with Crippen molar-refractivity contribution in [3.63, 3.8) is 0 Å². The second-order valence-electron chi connectivity index (χ2n) is 8.68. The van der Waals surface area contributed by atoms with E-state index in [1.807, 2.05) is 65.4 Å². The monoisotopic (exact) mass is 525 g/mol. The first-order valence-corrected chi connectivity index (χ1v) is 12.4. The average Bonchev–Trinajstić information content (AvgIpc) is 3.26. The molecular weight excluding hydrogens is 502 g/mol. The summed E-state index contributed by atoms with van der Waals surface area (Å²) in [6, 6.07) is 21.0. The number of imide groups is 2. The zero-order valence-electron chi connectivity index (χ0n) is 20.4. The molecule has 1 aromatic heterocycles. The van der Waals surface area contributed by atoms with Gasteiger partial charge in [0, 0.05) is 27.7 Å². The molecule has 38 heavy (non-hydrogen) atoms. The number of hydrogen-bond donors (Lipinski definition) is 1. The fraction of sp³-hybridized carbons (Fsp3) is 0.100. The number of benzene rings is 3. The topological polar surface area (TPSA) is 80.6 Å². The van der Waals surface area contributed by atoms with Crippen molar-refractivity contribution in [2.45, 2.75) is 13.0 Å². The van der Waals surface area contributed by atoms with Crippen LogP contribution >= 0.6 is 11.6 Å². The number of amides is 4. The van der Waals surface area contributed by atoms with E-state index in [0.717, 1.165) is 27.1 Å². The van der Waals surface area contributed by atoms with Gasteiger partial charge in [0.1, 0.15) is 17.9 Å². The summed E-state index contributed by atoms with van der Waals surface area (Å²) >= 11 is 5.95. The number of carbonyl (C=O) groups is 3. The number of fused-ring (bicyclic) bond motifs is 1. The fourth-order valence-corrected chi connectivity index (χ4v) is 4.56. The van der Waals surface area contributed by atoms with E-state index >= 15 is 0 Å². The highest BCUT2D eigenvalue weighted by molar-refractivity contribution is 6.39. The summed E-state index contributed by atoms with van der Waals surface area (Å²) in [4.78, 5) is 39.4. The third-order valence-corrected chi connectivity index (χ3v) is 6.48. The van der Waals surface area contributed by atoms with E-state index in [1.165, 1.54) is 6.08 Å². The molecular formula is C30H24ClN3O4. The Morgan fingerprint density at radius 2 is 1.68 bits per heavy atom. The van der Waals surface area contributed by atoms with Gasteiger partial charge in [0.25, 0.3) is 11.8 Å². The molecule has 7 nitrogen and oxygen atoms in total. The normalized spacial score (nSPS) is 14.7. The Morgan fingerprint density at radius 3 is 2.47 bits per heavy atom. The van der Waals surface area contributed by atoms with Crippen LogP contribution in [-0.4, -0.2) is 29.0 Å². The lowest BCUT2D eigenvalue weighted by Crippen LogP contribution is -2.54. The van der Waals surface area contributed by atoms with Crippen LogP contribution in [-0.2, 0) is 22.6 Å². The minimum absolute atomic E-state index is 0.142. The molecule has 0 unspecified atom stereocenters. The highest BCUT2D eigenvalue weighted by atomic mass is 35.5. The Bertz CT molecular complexity index is 1590. The van der Waals surface area contributed by atoms with Crippen molar-refractivity contribution in [2.75, 3.05) is 11.5 Å². The zero-order chi connectivity index (χ0) is 26.6. The van der Waals surface area contributed by atoms with Gasteiger partial charge in [0.05, 0.1) is 12.2 Å². The number of anilines is 1. The van der Waals surface area contributed by atoms with Crippen molar-refractivity contribution in [3.8, 4) is 5.75 Å². The molecule has 0 radical (unpaired) electrons. The Balaban J connectivity index is 1.43. The number of barbiturate groups is 1. The quantitative estimate of drug-likeness (QED) is 0.180. The van der Waals surface area contributed by atoms with Gasteiger partial charge >= 0.3 is 6.03 Å². The van der Waals surface area contributed by atoms with Crippen LogP contribution < -0.4 is 15.0 Å². The van der Waals surface area contributed by atoms with Crippen LogP contribution in [0.2, 0.25) is 5.02 Å². The summed E-state index contributed by atoms with van der Waals surface area (Å²) in [5.41, 5.74) is 2.84. The lowest BCUT2D eigenvalue weighted by Gasteiger charge is -2.26. The van der Waals surface area contributed by atoms with E-state index in [9.17, 15) is 14.4 Å². The lowest BCUT2D eigenvalue weighted by atomic mass is 10.1. The molecule has 8 heteroatoms. The Kier molecular flexibility index (Phi) is 7.11. The van der Waals surface area contributed by atoms with Crippen LogP contribution in [0.25, 0.3) is 17.0 Å². The SMILES string of the molecule is C=CCc1ccccc1OCCn1cc(/C=C2/C(=O)NC(=O)N(c3ccc(Cl)cc3)C2=O)c2ccccc21. The summed E-state index contributed by atoms with van der Waals surface area (Å²) in [5.74, 6) is -0.646. The van der Waals surface area contributed by atoms with Gasteiger partial charge in [-0.05, 0) is 54.5 Å². The molecule has 3 aromatic carbocycles. The number of halogens is 1. The second kappa shape index (κ2) is 10.8. The summed E-state index contributed by atoms with van der Waals surface area (Å²) in [5, 5.41) is 3.59. The highest BCUT2D eigenvalue weighted by Gasteiger charge is 2.37. The highest BCUT2D eigenvalue weighted by Crippen LogP contribution is 2.27. The molecule has 1 saturated heterocycles. The standard InChI is InChI=1S/C30H24ClN3O4/c1-2-7-20-8-3-6-11-27(20)38-17-16-33-19-21(24-9-4-5-10-26(24)33)18-25-28(35)32-30(37)34(29(25)36)23-14-12-22(31)13-15-23/h2-6,8-15,18-19H,1,7,16-17H2,(H,32,35,37)/b25-18-. The number of nitrogens with zero attached hydrogens (tertiary/aromatic N) is 2. The zero-order valence-corrected chi connectivity index (χ0v) is 21.1. The molecule has 1 aliphatic rings. The van der Waals surface area contributed by atoms with Crippen molar-refractivity contribution in [3.05, 3.63) is 113 Å². The number of urea groups is 1. The molecule has 1 aliphatic heterocycles. The first kappa shape index (κ1) is 25.0. The minimum atomic E-state index is -0.809. The van der Waals surface area contributed by atoms with E-state index in [0.29, 0.717) is 35.8 Å². The van der Waals surface area contributed by atoms with Gasteiger partial charge in [-0.1, -0.05) is 54.1 Å². The van der Waals surface area contributed by atoms with Crippen molar-refractivity contribution in [1.82, 2.24) is 9.88 Å². The smallest absolute Gasteiger partial charge is 0.335 e. The third-order valence-electron chi connectivity index (χ3n) is 6.23. The van der Waals surface area contributed by atoms with Gasteiger partial charge in [-0.25, -0.2) is 9.69 Å². The van der Waals surface area contributed by atoms with E-state index in [1.54, 1.807) is 24.3 Å². The number of carbonyl (C=O) groups excluding carboxylic acids is 3. The number of allylic oxidation sites excluding steroid dienone is 1. The van der Waals surface area contributed by atoms with Gasteiger partial charge < -0.3 is 9.30 Å². The maximum Gasteiger partial charge on any atom is 0.335 e. The predicted molar refractivity (Wildman–Crippen MR) is 148 cm³/mol. The van der Waals surface area contributed by atoms with Gasteiger partial charge in [-0.15, -0.1) is 6.58 Å². The number of aromatic nitrogens is 1. The first-order valence-electron chi connectivity index (χ1n) is 12.0. The van der Waals surface area contributed by atoms with E-state index < -0.39 is 17.8 Å². The van der Waals surface area contributed by atoms with E-state index in [4.69, 9.17) is 16.3 Å². The van der Waals surface area contributed by atoms with Gasteiger partial charge in [0.15, 0.2) is 0 Å². The molecule has 0 bridgehead atoms. The van der Waals surface area contributed by atoms with Crippen molar-refractivity contribution in [1.29, 1.82) is 0 Å². The van der Waals surface area contributed by atoms with E-state index in [-0.39, 0.29) is 5.57 Å². The molecule has 4 amide bonds. The Morgan fingerprint density at radius 1 is 0.947 bits per heavy atom. The minimum Gasteiger partial charge on any atom is -0.491 e. The third kappa shape index (κ3) is 4.96. The van der Waals surface area contributed by atoms with Crippen molar-refractivity contribution < 1.29 is 19.1 Å². The fourth-order valence-electron chi connectivity index (χ4n) is 4.44. The second-order valence-corrected chi connectivity index (χ2v) is 9.11. The number of hydrogen-bond acceptors (Lipinski definition) is 4. The Labute approximate surface area is 224 Å². The molecule has 0 atom stereocenters. The number of para-hydroxylation sites is 2. The number of rotatable bonds is 8. The van der Waals surface area contributed by atoms with Crippen LogP contribution in [0.5, 0.6) is 5.75 Å². The van der Waals surface area contributed by atoms with Crippen LogP contribution in [0, 0.1) is 0 Å². The average molecular weight is 526 g/mol. The van der Waals surface area contributed by atoms with E-state index in [2.05, 4.69) is 11.9 Å². The molecule has 0 saturated carbocycles. The van der Waals surface area contributed by atoms with Crippen LogP contribution in [0.1, 0.15) is 11.1 Å². The molecule has 5 rings (SSSR count). The summed E-state index contributed by atoms with van der Waals surface area (Å²) in [6.07, 6.45) is 5.95. The lowest BCUT2D eigenvalue weighted by molar-refractivity contribution is -0.122. The van der Waals surface area contributed by atoms with Crippen LogP contribution in [0.3, 0.4) is 0 Å². The number of ether oxygens (including phenoxy) is 1. The summed E-state index contributed by atoms with van der Waals surface area (Å²) < 4.78 is 8.08. The number of nitrogens with one attached hydrogen (secondary N) is 1. The predicted octanol–water partition coefficient (Wildman–Crippen LogP) is 5.77. The maximum absolute atomic E-state index is 13.3. The molecule has 1 fully saturated rings. The largest absolute Gasteiger partial charge is 0.491 e. The van der Waals surface area contributed by atoms with Crippen LogP contribution in [0.15, 0.2) is 97.2 Å². The van der Waals surface area contributed by atoms with Crippen molar-refractivity contribution >= 4 is 52.1 Å². The molecule has 2 heterocycles. The molecule has 0 aliphatic carbocycles. The van der Waals surface area contributed by atoms with Crippen molar-refractivity contribution in [2.24, 2.45) is 0 Å². The molecule has 190 valence electrons. The summed E-state index contributed by atoms with van der Waals surface area (Å²) in [7, 11) is 0. The van der Waals surface area contributed by atoms with Gasteiger partial charge in [-0.2, -0.15) is 0 Å². The maximum atomic E-state index is 13.3. The van der Waals surface area contributed by atoms with Gasteiger partial charge in [-0.3, -0.25) is 14.9 Å². The van der Waals surface area contributed by atoms with Crippen LogP contribution in [0.4, 0.5) is 10.5 Å². The Hall–Kier alpha value is -4.62. The molecule has 1 N–H and O–H groups in total. The summed E-state index contributed by atoms with van der Waals surface area (Å²) in [6.45, 7) is 4.77. The first-order chi connectivity index (χ1) is 18.5. The molecule has 0 spiro atoms. The molecule has 4 aromatic rings.